The molecule has 0 aromatic heterocycles. The number of nitriles is 1. The van der Waals surface area contributed by atoms with Crippen molar-refractivity contribution in [1.29, 1.82) is 5.26 Å². The maximum Gasteiger partial charge on any atom is 0.267 e. The van der Waals surface area contributed by atoms with Crippen LogP contribution in [0.2, 0.25) is 0 Å². The lowest BCUT2D eigenvalue weighted by molar-refractivity contribution is -0.112. The Morgan fingerprint density at radius 1 is 1.15 bits per heavy atom. The Balaban J connectivity index is 1.90. The number of halogens is 1. The average molecular weight is 430 g/mol. The number of rotatable bonds is 8. The topological polar surface area (TPSA) is 83.4 Å². The quantitative estimate of drug-likeness (QED) is 0.380. The number of nitrogens with one attached hydrogen (secondary N) is 2. The second-order valence-corrected chi connectivity index (χ2v) is 6.44. The van der Waals surface area contributed by atoms with Crippen LogP contribution in [0.4, 0.5) is 5.69 Å². The van der Waals surface area contributed by atoms with Crippen LogP contribution in [0.15, 0.2) is 58.7 Å². The summed E-state index contributed by atoms with van der Waals surface area (Å²) in [4.78, 5) is 12.2. The van der Waals surface area contributed by atoms with Crippen LogP contribution in [0.25, 0.3) is 0 Å². The molecule has 0 unspecified atom stereocenters. The van der Waals surface area contributed by atoms with E-state index in [4.69, 9.17) is 9.47 Å². The minimum absolute atomic E-state index is 0.00484. The van der Waals surface area contributed by atoms with Gasteiger partial charge in [-0.3, -0.25) is 4.79 Å². The lowest BCUT2D eigenvalue weighted by atomic mass is 10.1. The molecule has 0 bridgehead atoms. The minimum atomic E-state index is -0.460. The highest BCUT2D eigenvalue weighted by Gasteiger charge is 2.09. The fraction of sp³-hybridized carbons (Fsp3) is 0.200. The first-order valence-electron chi connectivity index (χ1n) is 8.19. The number of nitrogens with zero attached hydrogens (tertiary/aromatic N) is 1. The molecule has 27 heavy (non-hydrogen) atoms. The molecule has 2 rings (SSSR count). The zero-order valence-electron chi connectivity index (χ0n) is 15.1. The van der Waals surface area contributed by atoms with Crippen molar-refractivity contribution in [2.75, 3.05) is 26.1 Å². The molecule has 0 aliphatic carbocycles. The molecule has 0 heterocycles. The molecular weight excluding hydrogens is 410 g/mol. The summed E-state index contributed by atoms with van der Waals surface area (Å²) in [5, 5.41) is 14.9. The predicted molar refractivity (Wildman–Crippen MR) is 108 cm³/mol. The summed E-state index contributed by atoms with van der Waals surface area (Å²) in [6, 6.07) is 14.7. The van der Waals surface area contributed by atoms with Gasteiger partial charge in [0.2, 0.25) is 0 Å². The highest BCUT2D eigenvalue weighted by atomic mass is 79.9. The second kappa shape index (κ2) is 10.2. The van der Waals surface area contributed by atoms with Gasteiger partial charge in [0.05, 0.1) is 14.2 Å². The minimum Gasteiger partial charge on any atom is -0.493 e. The van der Waals surface area contributed by atoms with Crippen LogP contribution in [0.3, 0.4) is 0 Å². The number of anilines is 1. The number of amides is 1. The molecule has 0 aliphatic rings. The van der Waals surface area contributed by atoms with E-state index in [0.29, 0.717) is 30.2 Å². The number of benzene rings is 2. The molecule has 0 aliphatic heterocycles. The van der Waals surface area contributed by atoms with Gasteiger partial charge in [0.1, 0.15) is 11.6 Å². The zero-order valence-corrected chi connectivity index (χ0v) is 16.7. The Bertz CT molecular complexity index is 858. The summed E-state index contributed by atoms with van der Waals surface area (Å²) in [6.07, 6.45) is 2.12. The normalized spacial score (nSPS) is 10.7. The number of ether oxygens (including phenoxy) is 2. The molecule has 140 valence electrons. The van der Waals surface area contributed by atoms with Crippen LogP contribution in [0.5, 0.6) is 11.5 Å². The van der Waals surface area contributed by atoms with Crippen LogP contribution in [-0.4, -0.2) is 26.7 Å². The van der Waals surface area contributed by atoms with Gasteiger partial charge in [0.25, 0.3) is 5.91 Å². The Morgan fingerprint density at radius 3 is 2.48 bits per heavy atom. The molecule has 0 atom stereocenters. The highest BCUT2D eigenvalue weighted by Crippen LogP contribution is 2.27. The number of carbonyl (C=O) groups is 1. The molecule has 0 spiro atoms. The maximum absolute atomic E-state index is 12.2. The Hall–Kier alpha value is -2.98. The van der Waals surface area contributed by atoms with Gasteiger partial charge in [0.15, 0.2) is 11.5 Å². The van der Waals surface area contributed by atoms with Gasteiger partial charge in [-0.2, -0.15) is 5.26 Å². The van der Waals surface area contributed by atoms with E-state index in [0.717, 1.165) is 10.0 Å². The summed E-state index contributed by atoms with van der Waals surface area (Å²) in [6.45, 7) is 0.562. The number of hydrogen-bond donors (Lipinski definition) is 2. The molecule has 7 heteroatoms. The van der Waals surface area contributed by atoms with Crippen molar-refractivity contribution in [3.05, 3.63) is 64.3 Å². The molecule has 0 saturated carbocycles. The smallest absolute Gasteiger partial charge is 0.267 e. The van der Waals surface area contributed by atoms with E-state index in [9.17, 15) is 10.1 Å². The van der Waals surface area contributed by atoms with E-state index >= 15 is 0 Å². The Labute approximate surface area is 166 Å². The van der Waals surface area contributed by atoms with Crippen LogP contribution < -0.4 is 20.1 Å². The van der Waals surface area contributed by atoms with Gasteiger partial charge in [-0.15, -0.1) is 0 Å². The second-order valence-electron chi connectivity index (χ2n) is 5.52. The van der Waals surface area contributed by atoms with E-state index < -0.39 is 5.91 Å². The molecule has 1 amide bonds. The molecule has 6 nitrogen and oxygen atoms in total. The molecule has 0 fully saturated rings. The first-order valence-corrected chi connectivity index (χ1v) is 8.98. The van der Waals surface area contributed by atoms with Gasteiger partial charge in [-0.05, 0) is 48.4 Å². The van der Waals surface area contributed by atoms with E-state index in [2.05, 4.69) is 26.6 Å². The molecule has 2 aromatic carbocycles. The van der Waals surface area contributed by atoms with Crippen molar-refractivity contribution in [3.8, 4) is 17.6 Å². The summed E-state index contributed by atoms with van der Waals surface area (Å²) in [7, 11) is 3.18. The predicted octanol–water partition coefficient (Wildman–Crippen LogP) is 3.64. The van der Waals surface area contributed by atoms with Crippen molar-refractivity contribution in [2.45, 2.75) is 6.42 Å². The Kier molecular flexibility index (Phi) is 7.71. The van der Waals surface area contributed by atoms with Crippen molar-refractivity contribution in [3.63, 3.8) is 0 Å². The Morgan fingerprint density at radius 2 is 1.85 bits per heavy atom. The summed E-state index contributed by atoms with van der Waals surface area (Å²) < 4.78 is 11.4. The van der Waals surface area contributed by atoms with Gasteiger partial charge >= 0.3 is 0 Å². The van der Waals surface area contributed by atoms with E-state index in [1.165, 1.54) is 6.20 Å². The van der Waals surface area contributed by atoms with Gasteiger partial charge in [-0.25, -0.2) is 0 Å². The number of carbonyl (C=O) groups excluding carboxylic acids is 1. The molecule has 2 N–H and O–H groups in total. The fourth-order valence-electron chi connectivity index (χ4n) is 2.31. The van der Waals surface area contributed by atoms with E-state index in [-0.39, 0.29) is 5.57 Å². The van der Waals surface area contributed by atoms with Gasteiger partial charge < -0.3 is 20.1 Å². The third-order valence-corrected chi connectivity index (χ3v) is 4.25. The summed E-state index contributed by atoms with van der Waals surface area (Å²) in [5.41, 5.74) is 1.67. The largest absolute Gasteiger partial charge is 0.493 e. The summed E-state index contributed by atoms with van der Waals surface area (Å²) >= 11 is 3.33. The third kappa shape index (κ3) is 6.04. The third-order valence-electron chi connectivity index (χ3n) is 3.72. The first kappa shape index (κ1) is 20.3. The standard InChI is InChI=1S/C20H20BrN3O3/c1-26-18-8-3-14(11-19(18)27-2)9-10-23-13-15(12-22)20(25)24-17-6-4-16(21)5-7-17/h3-8,11,13,23H,9-10H2,1-2H3,(H,24,25)/b15-13-. The van der Waals surface area contributed by atoms with Crippen LogP contribution in [0.1, 0.15) is 5.56 Å². The molecule has 0 saturated heterocycles. The first-order chi connectivity index (χ1) is 13.1. The molecule has 2 aromatic rings. The van der Waals surface area contributed by atoms with Crippen molar-refractivity contribution >= 4 is 27.5 Å². The molecule has 0 radical (unpaired) electrons. The van der Waals surface area contributed by atoms with Crippen molar-refractivity contribution in [2.24, 2.45) is 0 Å². The maximum atomic E-state index is 12.2. The SMILES string of the molecule is COc1ccc(CCN/C=C(/C#N)C(=O)Nc2ccc(Br)cc2)cc1OC. The highest BCUT2D eigenvalue weighted by molar-refractivity contribution is 9.10. The lowest BCUT2D eigenvalue weighted by Gasteiger charge is -2.09. The van der Waals surface area contributed by atoms with Crippen LogP contribution >= 0.6 is 15.9 Å². The fourth-order valence-corrected chi connectivity index (χ4v) is 2.57. The van der Waals surface area contributed by atoms with Gasteiger partial charge in [-0.1, -0.05) is 22.0 Å². The number of hydrogen-bond acceptors (Lipinski definition) is 5. The van der Waals surface area contributed by atoms with Crippen LogP contribution in [-0.2, 0) is 11.2 Å². The van der Waals surface area contributed by atoms with E-state index in [1.807, 2.05) is 36.4 Å². The van der Waals surface area contributed by atoms with E-state index in [1.54, 1.807) is 26.4 Å². The monoisotopic (exact) mass is 429 g/mol. The van der Waals surface area contributed by atoms with Crippen LogP contribution in [0, 0.1) is 11.3 Å². The van der Waals surface area contributed by atoms with Gasteiger partial charge in [0, 0.05) is 22.9 Å². The van der Waals surface area contributed by atoms with Crippen molar-refractivity contribution in [1.82, 2.24) is 5.32 Å². The zero-order chi connectivity index (χ0) is 19.6. The average Bonchev–Trinajstić information content (AvgIpc) is 2.69. The number of methoxy groups -OCH3 is 2. The molecular formula is C20H20BrN3O3. The summed E-state index contributed by atoms with van der Waals surface area (Å²) in [5.74, 6) is 0.876. The van der Waals surface area contributed by atoms with Crippen molar-refractivity contribution < 1.29 is 14.3 Å². The lowest BCUT2D eigenvalue weighted by Crippen LogP contribution is -2.18.